The van der Waals surface area contributed by atoms with Crippen molar-refractivity contribution in [2.45, 2.75) is 25.6 Å². The average molecular weight is 297 g/mol. The number of nitrogens with zero attached hydrogens (tertiary/aromatic N) is 5. The van der Waals surface area contributed by atoms with Crippen LogP contribution in [0.25, 0.3) is 11.4 Å². The Labute approximate surface area is 129 Å². The van der Waals surface area contributed by atoms with E-state index in [1.807, 2.05) is 30.1 Å². The minimum absolute atomic E-state index is 0.00984. The van der Waals surface area contributed by atoms with Crippen molar-refractivity contribution in [3.8, 4) is 11.4 Å². The van der Waals surface area contributed by atoms with Gasteiger partial charge in [-0.25, -0.2) is 0 Å². The Kier molecular flexibility index (Phi) is 3.18. The van der Waals surface area contributed by atoms with Crippen LogP contribution in [0, 0.1) is 0 Å². The fourth-order valence-electron chi connectivity index (χ4n) is 3.39. The molecule has 22 heavy (non-hydrogen) atoms. The van der Waals surface area contributed by atoms with E-state index in [2.05, 4.69) is 31.8 Å². The molecule has 6 heteroatoms. The number of aromatic nitrogens is 3. The molecule has 3 heterocycles. The maximum Gasteiger partial charge on any atom is 0.239 e. The van der Waals surface area contributed by atoms with Gasteiger partial charge in [0.2, 0.25) is 5.91 Å². The second-order valence-electron chi connectivity index (χ2n) is 5.99. The first-order chi connectivity index (χ1) is 10.7. The molecule has 0 N–H and O–H groups in total. The van der Waals surface area contributed by atoms with E-state index in [4.69, 9.17) is 0 Å². The van der Waals surface area contributed by atoms with Crippen LogP contribution in [0.2, 0.25) is 0 Å². The van der Waals surface area contributed by atoms with Crippen LogP contribution in [0.5, 0.6) is 0 Å². The highest BCUT2D eigenvalue weighted by Gasteiger charge is 2.36. The minimum atomic E-state index is 0.00984. The monoisotopic (exact) mass is 297 g/mol. The molecule has 0 radical (unpaired) electrons. The Bertz CT molecular complexity index is 696. The van der Waals surface area contributed by atoms with Crippen LogP contribution in [0.3, 0.4) is 0 Å². The maximum absolute atomic E-state index is 12.2. The van der Waals surface area contributed by atoms with Crippen LogP contribution in [-0.4, -0.2) is 56.7 Å². The van der Waals surface area contributed by atoms with Crippen molar-refractivity contribution < 1.29 is 4.79 Å². The Morgan fingerprint density at radius 2 is 1.91 bits per heavy atom. The quantitative estimate of drug-likeness (QED) is 0.829. The van der Waals surface area contributed by atoms with E-state index < -0.39 is 0 Å². The summed E-state index contributed by atoms with van der Waals surface area (Å²) in [6.45, 7) is 3.25. The van der Waals surface area contributed by atoms with Crippen LogP contribution < -0.4 is 0 Å². The third kappa shape index (κ3) is 2.11. The Balaban J connectivity index is 1.58. The molecular weight excluding hydrogens is 278 g/mol. The Hall–Kier alpha value is -2.21. The molecule has 1 amide bonds. The van der Waals surface area contributed by atoms with Gasteiger partial charge in [0.15, 0.2) is 5.82 Å². The molecular formula is C16H19N5O. The van der Waals surface area contributed by atoms with Gasteiger partial charge in [0, 0.05) is 32.2 Å². The van der Waals surface area contributed by atoms with Gasteiger partial charge in [0.25, 0.3) is 0 Å². The summed E-state index contributed by atoms with van der Waals surface area (Å²) in [5, 5.41) is 8.70. The van der Waals surface area contributed by atoms with Crippen LogP contribution >= 0.6 is 0 Å². The lowest BCUT2D eigenvalue weighted by atomic mass is 10.1. The zero-order valence-corrected chi connectivity index (χ0v) is 12.6. The third-order valence-electron chi connectivity index (χ3n) is 4.65. The molecule has 2 aromatic rings. The highest BCUT2D eigenvalue weighted by atomic mass is 16.2. The third-order valence-corrected chi connectivity index (χ3v) is 4.65. The summed E-state index contributed by atoms with van der Waals surface area (Å²) in [7, 11) is 1.88. The number of rotatable bonds is 2. The first-order valence-corrected chi connectivity index (χ1v) is 7.70. The molecule has 6 nitrogen and oxygen atoms in total. The molecule has 0 saturated carbocycles. The number of hydrogen-bond acceptors (Lipinski definition) is 4. The standard InChI is InChI=1S/C16H19N5O/c1-19-8-7-13(16(19)22)20-9-10-21-14(11-20)17-18-15(21)12-5-3-2-4-6-12/h2-6,13H,7-11H2,1H3/t13-/m1/s1. The molecule has 1 fully saturated rings. The normalized spacial score (nSPS) is 22.1. The number of fused-ring (bicyclic) bond motifs is 1. The molecule has 114 valence electrons. The van der Waals surface area contributed by atoms with Crippen molar-refractivity contribution in [3.05, 3.63) is 36.2 Å². The largest absolute Gasteiger partial charge is 0.344 e. The fourth-order valence-corrected chi connectivity index (χ4v) is 3.39. The van der Waals surface area contributed by atoms with Gasteiger partial charge in [0.1, 0.15) is 5.82 Å². The molecule has 4 rings (SSSR count). The highest BCUT2D eigenvalue weighted by Crippen LogP contribution is 2.25. The number of hydrogen-bond donors (Lipinski definition) is 0. The van der Waals surface area contributed by atoms with Crippen LogP contribution in [-0.2, 0) is 17.9 Å². The predicted octanol–water partition coefficient (Wildman–Crippen LogP) is 0.991. The van der Waals surface area contributed by atoms with E-state index in [0.29, 0.717) is 6.54 Å². The number of carbonyl (C=O) groups is 1. The molecule has 0 bridgehead atoms. The first kappa shape index (κ1) is 13.5. The lowest BCUT2D eigenvalue weighted by Gasteiger charge is -2.31. The lowest BCUT2D eigenvalue weighted by Crippen LogP contribution is -2.45. The fraction of sp³-hybridized carbons (Fsp3) is 0.438. The van der Waals surface area contributed by atoms with E-state index in [1.54, 1.807) is 0 Å². The number of carbonyl (C=O) groups excluding carboxylic acids is 1. The summed E-state index contributed by atoms with van der Waals surface area (Å²) in [5.74, 6) is 2.11. The number of likely N-dealkylation sites (tertiary alicyclic amines) is 1. The predicted molar refractivity (Wildman–Crippen MR) is 81.9 cm³/mol. The van der Waals surface area contributed by atoms with Gasteiger partial charge in [-0.15, -0.1) is 10.2 Å². The van der Waals surface area contributed by atoms with Crippen molar-refractivity contribution in [1.29, 1.82) is 0 Å². The SMILES string of the molecule is CN1CC[C@@H](N2CCn3c(nnc3-c3ccccc3)C2)C1=O. The Morgan fingerprint density at radius 3 is 2.64 bits per heavy atom. The van der Waals surface area contributed by atoms with Gasteiger partial charge in [0.05, 0.1) is 12.6 Å². The van der Waals surface area contributed by atoms with E-state index in [0.717, 1.165) is 43.3 Å². The van der Waals surface area contributed by atoms with E-state index in [-0.39, 0.29) is 11.9 Å². The van der Waals surface area contributed by atoms with Crippen molar-refractivity contribution in [2.75, 3.05) is 20.1 Å². The van der Waals surface area contributed by atoms with Crippen molar-refractivity contribution in [3.63, 3.8) is 0 Å². The summed E-state index contributed by atoms with van der Waals surface area (Å²) in [6.07, 6.45) is 0.912. The smallest absolute Gasteiger partial charge is 0.239 e. The number of likely N-dealkylation sites (N-methyl/N-ethyl adjacent to an activating group) is 1. The molecule has 2 aliphatic heterocycles. The molecule has 1 atom stereocenters. The molecule has 1 aromatic heterocycles. The highest BCUT2D eigenvalue weighted by molar-refractivity contribution is 5.83. The second-order valence-corrected chi connectivity index (χ2v) is 5.99. The summed E-state index contributed by atoms with van der Waals surface area (Å²) >= 11 is 0. The van der Waals surface area contributed by atoms with Crippen molar-refractivity contribution in [2.24, 2.45) is 0 Å². The van der Waals surface area contributed by atoms with E-state index >= 15 is 0 Å². The lowest BCUT2D eigenvalue weighted by molar-refractivity contribution is -0.131. The van der Waals surface area contributed by atoms with Gasteiger partial charge in [-0.05, 0) is 6.42 Å². The average Bonchev–Trinajstić information content (AvgIpc) is 3.12. The zero-order chi connectivity index (χ0) is 15.1. The van der Waals surface area contributed by atoms with Gasteiger partial charge >= 0.3 is 0 Å². The summed E-state index contributed by atoms with van der Waals surface area (Å²) in [4.78, 5) is 16.2. The van der Waals surface area contributed by atoms with E-state index in [1.165, 1.54) is 0 Å². The number of amides is 1. The minimum Gasteiger partial charge on any atom is -0.344 e. The van der Waals surface area contributed by atoms with Crippen molar-refractivity contribution in [1.82, 2.24) is 24.6 Å². The van der Waals surface area contributed by atoms with Crippen LogP contribution in [0.4, 0.5) is 0 Å². The molecule has 0 aliphatic carbocycles. The van der Waals surface area contributed by atoms with Gasteiger partial charge in [-0.2, -0.15) is 0 Å². The maximum atomic E-state index is 12.2. The summed E-state index contributed by atoms with van der Waals surface area (Å²) < 4.78 is 2.18. The topological polar surface area (TPSA) is 54.3 Å². The molecule has 2 aliphatic rings. The zero-order valence-electron chi connectivity index (χ0n) is 12.6. The van der Waals surface area contributed by atoms with Crippen molar-refractivity contribution >= 4 is 5.91 Å². The summed E-state index contributed by atoms with van der Waals surface area (Å²) in [6, 6.07) is 10.1. The van der Waals surface area contributed by atoms with Crippen LogP contribution in [0.15, 0.2) is 30.3 Å². The molecule has 0 unspecified atom stereocenters. The molecule has 0 spiro atoms. The summed E-state index contributed by atoms with van der Waals surface area (Å²) in [5.41, 5.74) is 1.09. The molecule has 1 saturated heterocycles. The van der Waals surface area contributed by atoms with Crippen LogP contribution in [0.1, 0.15) is 12.2 Å². The van der Waals surface area contributed by atoms with Gasteiger partial charge in [-0.1, -0.05) is 30.3 Å². The van der Waals surface area contributed by atoms with Gasteiger partial charge < -0.3 is 9.47 Å². The van der Waals surface area contributed by atoms with Gasteiger partial charge in [-0.3, -0.25) is 9.69 Å². The number of benzene rings is 1. The Morgan fingerprint density at radius 1 is 1.09 bits per heavy atom. The van der Waals surface area contributed by atoms with E-state index in [9.17, 15) is 4.79 Å². The second kappa shape index (κ2) is 5.21. The molecule has 1 aromatic carbocycles. The first-order valence-electron chi connectivity index (χ1n) is 7.70.